The molecule has 0 amide bonds. The maximum Gasteiger partial charge on any atom is 0.177 e. The average Bonchev–Trinajstić information content (AvgIpc) is 2.11. The molecule has 0 aliphatic rings. The van der Waals surface area contributed by atoms with E-state index >= 15 is 0 Å². The highest BCUT2D eigenvalue weighted by molar-refractivity contribution is 9.10. The number of benzene rings is 1. The van der Waals surface area contributed by atoms with Crippen LogP contribution in [0, 0.1) is 11.6 Å². The number of rotatable bonds is 3. The highest BCUT2D eigenvalue weighted by atomic mass is 79.9. The molecule has 2 nitrogen and oxygen atoms in total. The van der Waals surface area contributed by atoms with Gasteiger partial charge < -0.3 is 5.32 Å². The van der Waals surface area contributed by atoms with Gasteiger partial charge in [0.2, 0.25) is 0 Å². The van der Waals surface area contributed by atoms with E-state index < -0.39 is 11.6 Å². The molecule has 1 aromatic carbocycles. The highest BCUT2D eigenvalue weighted by Gasteiger charge is 2.14. The second-order valence-corrected chi connectivity index (χ2v) is 3.50. The van der Waals surface area contributed by atoms with Crippen LogP contribution in [0.5, 0.6) is 0 Å². The molecule has 0 fully saturated rings. The molecular weight excluding hydrogens is 256 g/mol. The maximum absolute atomic E-state index is 13.0. The number of hydrogen-bond acceptors (Lipinski definition) is 2. The van der Waals surface area contributed by atoms with E-state index in [2.05, 4.69) is 21.2 Å². The third-order valence-corrected chi connectivity index (χ3v) is 2.44. The van der Waals surface area contributed by atoms with Crippen LogP contribution in [-0.2, 0) is 0 Å². The fourth-order valence-corrected chi connectivity index (χ4v) is 1.46. The van der Waals surface area contributed by atoms with Crippen molar-refractivity contribution < 1.29 is 13.6 Å². The van der Waals surface area contributed by atoms with Crippen LogP contribution in [0.3, 0.4) is 0 Å². The Morgan fingerprint density at radius 1 is 1.50 bits per heavy atom. The second-order valence-electron chi connectivity index (χ2n) is 2.70. The molecule has 0 aliphatic heterocycles. The zero-order valence-corrected chi connectivity index (χ0v) is 8.99. The van der Waals surface area contributed by atoms with Gasteiger partial charge in [0, 0.05) is 11.6 Å². The molecule has 1 N–H and O–H groups in total. The summed E-state index contributed by atoms with van der Waals surface area (Å²) in [6.45, 7) is 0.0431. The number of Topliss-reactive ketones (excluding diaryl/α,β-unsaturated/α-hetero) is 1. The Balaban J connectivity index is 3.13. The minimum Gasteiger partial charge on any atom is -0.313 e. The normalized spacial score (nSPS) is 10.3. The standard InChI is InChI=1S/C9H8BrF2NO/c1-13-4-8(14)6-2-5(11)3-7(12)9(6)10/h2-3,13H,4H2,1H3. The molecule has 0 aromatic heterocycles. The summed E-state index contributed by atoms with van der Waals surface area (Å²) in [5.74, 6) is -1.90. The first-order valence-corrected chi connectivity index (χ1v) is 4.68. The lowest BCUT2D eigenvalue weighted by Gasteiger charge is -2.04. The fourth-order valence-electron chi connectivity index (χ4n) is 1.01. The summed E-state index contributed by atoms with van der Waals surface area (Å²) in [7, 11) is 1.58. The molecule has 0 saturated carbocycles. The molecule has 0 spiro atoms. The van der Waals surface area contributed by atoms with Gasteiger partial charge in [-0.1, -0.05) is 0 Å². The van der Waals surface area contributed by atoms with E-state index in [1.54, 1.807) is 7.05 Å². The molecule has 0 heterocycles. The zero-order valence-electron chi connectivity index (χ0n) is 7.40. The number of nitrogens with one attached hydrogen (secondary N) is 1. The first kappa shape index (κ1) is 11.3. The second kappa shape index (κ2) is 4.61. The van der Waals surface area contributed by atoms with Gasteiger partial charge in [-0.25, -0.2) is 8.78 Å². The lowest BCUT2D eigenvalue weighted by atomic mass is 10.1. The number of halogens is 3. The predicted octanol–water partition coefficient (Wildman–Crippen LogP) is 2.13. The van der Waals surface area contributed by atoms with Gasteiger partial charge in [-0.2, -0.15) is 0 Å². The highest BCUT2D eigenvalue weighted by Crippen LogP contribution is 2.22. The van der Waals surface area contributed by atoms with Crippen molar-refractivity contribution in [3.63, 3.8) is 0 Å². The molecule has 14 heavy (non-hydrogen) atoms. The summed E-state index contributed by atoms with van der Waals surface area (Å²) < 4.78 is 25.8. The number of likely N-dealkylation sites (N-methyl/N-ethyl adjacent to an activating group) is 1. The Hall–Kier alpha value is -0.810. The summed E-state index contributed by atoms with van der Waals surface area (Å²) in [6, 6.07) is 1.73. The third kappa shape index (κ3) is 2.36. The summed E-state index contributed by atoms with van der Waals surface area (Å²) in [5.41, 5.74) is 0.0110. The molecule has 0 saturated heterocycles. The molecule has 76 valence electrons. The van der Waals surface area contributed by atoms with Crippen molar-refractivity contribution in [3.8, 4) is 0 Å². The van der Waals surface area contributed by atoms with Gasteiger partial charge in [-0.3, -0.25) is 4.79 Å². The Morgan fingerprint density at radius 3 is 2.71 bits per heavy atom. The van der Waals surface area contributed by atoms with Gasteiger partial charge in [-0.15, -0.1) is 0 Å². The van der Waals surface area contributed by atoms with E-state index in [-0.39, 0.29) is 22.4 Å². The smallest absolute Gasteiger partial charge is 0.177 e. The largest absolute Gasteiger partial charge is 0.313 e. The Kier molecular flexibility index (Phi) is 3.71. The summed E-state index contributed by atoms with van der Waals surface area (Å²) in [6.07, 6.45) is 0. The predicted molar refractivity (Wildman–Crippen MR) is 52.3 cm³/mol. The molecule has 0 unspecified atom stereocenters. The van der Waals surface area contributed by atoms with Crippen molar-refractivity contribution >= 4 is 21.7 Å². The zero-order chi connectivity index (χ0) is 10.7. The van der Waals surface area contributed by atoms with E-state index in [1.165, 1.54) is 0 Å². The SMILES string of the molecule is CNCC(=O)c1cc(F)cc(F)c1Br. The first-order chi connectivity index (χ1) is 6.56. The van der Waals surface area contributed by atoms with Crippen LogP contribution in [0.4, 0.5) is 8.78 Å². The molecule has 5 heteroatoms. The van der Waals surface area contributed by atoms with Crippen LogP contribution in [0.25, 0.3) is 0 Å². The lowest BCUT2D eigenvalue weighted by molar-refractivity contribution is 0.0992. The Morgan fingerprint density at radius 2 is 2.14 bits per heavy atom. The number of ketones is 1. The van der Waals surface area contributed by atoms with Crippen molar-refractivity contribution in [1.29, 1.82) is 0 Å². The van der Waals surface area contributed by atoms with Crippen LogP contribution in [0.2, 0.25) is 0 Å². The average molecular weight is 264 g/mol. The summed E-state index contributed by atoms with van der Waals surface area (Å²) in [4.78, 5) is 11.3. The Labute approximate surface area is 88.4 Å². The van der Waals surface area contributed by atoms with Gasteiger partial charge in [0.25, 0.3) is 0 Å². The lowest BCUT2D eigenvalue weighted by Crippen LogP contribution is -2.19. The van der Waals surface area contributed by atoms with Crippen molar-refractivity contribution in [2.75, 3.05) is 13.6 Å². The van der Waals surface area contributed by atoms with Crippen molar-refractivity contribution in [2.45, 2.75) is 0 Å². The molecule has 0 atom stereocenters. The van der Waals surface area contributed by atoms with E-state index in [1.807, 2.05) is 0 Å². The van der Waals surface area contributed by atoms with Crippen molar-refractivity contribution in [3.05, 3.63) is 33.8 Å². The molecule has 0 bridgehead atoms. The Bertz CT molecular complexity index is 368. The topological polar surface area (TPSA) is 29.1 Å². The summed E-state index contributed by atoms with van der Waals surface area (Å²) >= 11 is 2.89. The van der Waals surface area contributed by atoms with Gasteiger partial charge in [-0.05, 0) is 29.0 Å². The van der Waals surface area contributed by atoms with E-state index in [9.17, 15) is 13.6 Å². The van der Waals surface area contributed by atoms with E-state index in [0.29, 0.717) is 0 Å². The van der Waals surface area contributed by atoms with Gasteiger partial charge in [0.1, 0.15) is 11.6 Å². The third-order valence-electron chi connectivity index (χ3n) is 1.63. The number of carbonyl (C=O) groups is 1. The van der Waals surface area contributed by atoms with Crippen LogP contribution >= 0.6 is 15.9 Å². The quantitative estimate of drug-likeness (QED) is 0.669. The van der Waals surface area contributed by atoms with Crippen molar-refractivity contribution in [2.24, 2.45) is 0 Å². The minimum atomic E-state index is -0.774. The minimum absolute atomic E-state index is 0.000787. The number of hydrogen-bond donors (Lipinski definition) is 1. The van der Waals surface area contributed by atoms with Crippen LogP contribution in [0.15, 0.2) is 16.6 Å². The van der Waals surface area contributed by atoms with E-state index in [0.717, 1.165) is 12.1 Å². The van der Waals surface area contributed by atoms with Crippen LogP contribution in [0.1, 0.15) is 10.4 Å². The molecule has 0 radical (unpaired) electrons. The molecule has 1 aromatic rings. The van der Waals surface area contributed by atoms with Gasteiger partial charge in [0.15, 0.2) is 5.78 Å². The molecule has 1 rings (SSSR count). The van der Waals surface area contributed by atoms with Crippen molar-refractivity contribution in [1.82, 2.24) is 5.32 Å². The first-order valence-electron chi connectivity index (χ1n) is 3.88. The van der Waals surface area contributed by atoms with Crippen LogP contribution in [-0.4, -0.2) is 19.4 Å². The van der Waals surface area contributed by atoms with Crippen LogP contribution < -0.4 is 5.32 Å². The number of carbonyl (C=O) groups excluding carboxylic acids is 1. The van der Waals surface area contributed by atoms with Gasteiger partial charge in [0.05, 0.1) is 11.0 Å². The maximum atomic E-state index is 13.0. The van der Waals surface area contributed by atoms with Gasteiger partial charge >= 0.3 is 0 Å². The fraction of sp³-hybridized carbons (Fsp3) is 0.222. The molecular formula is C9H8BrF2NO. The molecule has 0 aliphatic carbocycles. The monoisotopic (exact) mass is 263 g/mol. The van der Waals surface area contributed by atoms with E-state index in [4.69, 9.17) is 0 Å². The summed E-state index contributed by atoms with van der Waals surface area (Å²) in [5, 5.41) is 2.62.